The number of hydrogen-bond acceptors (Lipinski definition) is 4. The van der Waals surface area contributed by atoms with Gasteiger partial charge in [-0.3, -0.25) is 4.79 Å². The lowest BCUT2D eigenvalue weighted by Crippen LogP contribution is -2.29. The minimum Gasteiger partial charge on any atom is -0.484 e. The molecule has 0 radical (unpaired) electrons. The molecule has 0 saturated carbocycles. The molecular weight excluding hydrogens is 352 g/mol. The third kappa shape index (κ3) is 5.72. The number of sulfonamides is 1. The molecule has 0 bridgehead atoms. The number of carbonyl (C=O) groups is 1. The zero-order valence-electron chi connectivity index (χ0n) is 14.6. The summed E-state index contributed by atoms with van der Waals surface area (Å²) in [7, 11) is -3.64. The van der Waals surface area contributed by atoms with Crippen molar-refractivity contribution in [3.05, 3.63) is 72.3 Å². The van der Waals surface area contributed by atoms with E-state index in [1.54, 1.807) is 19.1 Å². The average Bonchev–Trinajstić information content (AvgIpc) is 2.64. The van der Waals surface area contributed by atoms with Crippen molar-refractivity contribution in [1.82, 2.24) is 10.0 Å². The monoisotopic (exact) mass is 374 g/mol. The number of benzene rings is 2. The van der Waals surface area contributed by atoms with Gasteiger partial charge < -0.3 is 10.1 Å². The second-order valence-corrected chi connectivity index (χ2v) is 7.39. The Morgan fingerprint density at radius 3 is 2.58 bits per heavy atom. The van der Waals surface area contributed by atoms with Crippen molar-refractivity contribution in [1.29, 1.82) is 0 Å². The molecule has 0 aromatic heterocycles. The van der Waals surface area contributed by atoms with E-state index in [1.165, 1.54) is 12.1 Å². The van der Waals surface area contributed by atoms with Crippen LogP contribution in [0.2, 0.25) is 0 Å². The summed E-state index contributed by atoms with van der Waals surface area (Å²) in [6, 6.07) is 13.8. The first-order valence-electron chi connectivity index (χ1n) is 8.07. The number of hydrogen-bond donors (Lipinski definition) is 2. The van der Waals surface area contributed by atoms with Crippen LogP contribution in [0.1, 0.15) is 11.1 Å². The molecule has 0 atom stereocenters. The first-order valence-corrected chi connectivity index (χ1v) is 9.55. The minimum absolute atomic E-state index is 0.146. The Balaban J connectivity index is 2.00. The minimum atomic E-state index is -3.64. The van der Waals surface area contributed by atoms with Crippen molar-refractivity contribution in [2.75, 3.05) is 13.2 Å². The first-order chi connectivity index (χ1) is 12.4. The highest BCUT2D eigenvalue weighted by Crippen LogP contribution is 2.22. The molecule has 2 N–H and O–H groups in total. The molecule has 0 spiro atoms. The van der Waals surface area contributed by atoms with Crippen LogP contribution >= 0.6 is 0 Å². The van der Waals surface area contributed by atoms with E-state index in [4.69, 9.17) is 4.74 Å². The van der Waals surface area contributed by atoms with Crippen molar-refractivity contribution < 1.29 is 17.9 Å². The summed E-state index contributed by atoms with van der Waals surface area (Å²) >= 11 is 0. The second-order valence-electron chi connectivity index (χ2n) is 5.62. The van der Waals surface area contributed by atoms with Gasteiger partial charge in [0.25, 0.3) is 5.91 Å². The number of rotatable bonds is 9. The van der Waals surface area contributed by atoms with E-state index in [1.807, 2.05) is 30.3 Å². The van der Waals surface area contributed by atoms with E-state index in [2.05, 4.69) is 16.6 Å². The third-order valence-corrected chi connectivity index (χ3v) is 4.97. The molecule has 0 aliphatic rings. The zero-order valence-corrected chi connectivity index (χ0v) is 15.4. The Labute approximate surface area is 153 Å². The maximum atomic E-state index is 12.4. The Morgan fingerprint density at radius 1 is 1.19 bits per heavy atom. The third-order valence-electron chi connectivity index (χ3n) is 3.57. The normalized spacial score (nSPS) is 11.0. The largest absolute Gasteiger partial charge is 0.484 e. The van der Waals surface area contributed by atoms with Gasteiger partial charge in [-0.05, 0) is 36.2 Å². The predicted molar refractivity (Wildman–Crippen MR) is 100 cm³/mol. The van der Waals surface area contributed by atoms with E-state index in [9.17, 15) is 13.2 Å². The smallest absolute Gasteiger partial charge is 0.258 e. The summed E-state index contributed by atoms with van der Waals surface area (Å²) in [5.74, 6) is 0.186. The molecule has 7 heteroatoms. The van der Waals surface area contributed by atoms with Crippen LogP contribution in [0.4, 0.5) is 0 Å². The van der Waals surface area contributed by atoms with Crippen molar-refractivity contribution in [2.24, 2.45) is 0 Å². The molecule has 2 rings (SSSR count). The average molecular weight is 374 g/mol. The van der Waals surface area contributed by atoms with Crippen molar-refractivity contribution in [2.45, 2.75) is 18.4 Å². The summed E-state index contributed by atoms with van der Waals surface area (Å²) < 4.78 is 32.9. The lowest BCUT2D eigenvalue weighted by molar-refractivity contribution is -0.122. The molecule has 0 saturated heterocycles. The molecule has 26 heavy (non-hydrogen) atoms. The van der Waals surface area contributed by atoms with Gasteiger partial charge in [-0.25, -0.2) is 13.1 Å². The first kappa shape index (κ1) is 19.7. The molecular formula is C19H22N2O4S. The van der Waals surface area contributed by atoms with Gasteiger partial charge in [0, 0.05) is 13.1 Å². The molecule has 1 amide bonds. The van der Waals surface area contributed by atoms with Crippen LogP contribution in [0.25, 0.3) is 0 Å². The highest BCUT2D eigenvalue weighted by Gasteiger charge is 2.15. The van der Waals surface area contributed by atoms with Gasteiger partial charge in [-0.2, -0.15) is 0 Å². The van der Waals surface area contributed by atoms with Crippen LogP contribution in [0.15, 0.2) is 66.1 Å². The Kier molecular flexibility index (Phi) is 6.94. The topological polar surface area (TPSA) is 84.5 Å². The summed E-state index contributed by atoms with van der Waals surface area (Å²) in [4.78, 5) is 11.7. The second kappa shape index (κ2) is 9.17. The lowest BCUT2D eigenvalue weighted by Gasteiger charge is -2.12. The molecule has 6 nitrogen and oxygen atoms in total. The fourth-order valence-corrected chi connectivity index (χ4v) is 3.29. The van der Waals surface area contributed by atoms with Gasteiger partial charge in [0.2, 0.25) is 10.0 Å². The van der Waals surface area contributed by atoms with E-state index >= 15 is 0 Å². The molecule has 0 heterocycles. The highest BCUT2D eigenvalue weighted by atomic mass is 32.2. The highest BCUT2D eigenvalue weighted by molar-refractivity contribution is 7.89. The Bertz CT molecular complexity index is 864. The van der Waals surface area contributed by atoms with Gasteiger partial charge in [0.1, 0.15) is 5.75 Å². The van der Waals surface area contributed by atoms with E-state index < -0.39 is 10.0 Å². The molecule has 0 aliphatic carbocycles. The van der Waals surface area contributed by atoms with Gasteiger partial charge in [0.05, 0.1) is 4.90 Å². The van der Waals surface area contributed by atoms with Crippen LogP contribution < -0.4 is 14.8 Å². The molecule has 2 aromatic rings. The molecule has 2 aromatic carbocycles. The van der Waals surface area contributed by atoms with Gasteiger partial charge in [0.15, 0.2) is 6.61 Å². The van der Waals surface area contributed by atoms with Crippen molar-refractivity contribution in [3.8, 4) is 5.75 Å². The summed E-state index contributed by atoms with van der Waals surface area (Å²) in [6.45, 7) is 5.68. The Hall–Kier alpha value is -2.64. The number of nitrogens with one attached hydrogen (secondary N) is 2. The van der Waals surface area contributed by atoms with Crippen molar-refractivity contribution in [3.63, 3.8) is 0 Å². The molecule has 138 valence electrons. The zero-order chi connectivity index (χ0) is 19.0. The standard InChI is InChI=1S/C19H22N2O4S/c1-3-11-20-19(22)14-25-18-10-9-17(12-15(18)2)26(23,24)21-13-16-7-5-4-6-8-16/h3-10,12,21H,1,11,13-14H2,2H3,(H,20,22). The van der Waals surface area contributed by atoms with E-state index in [0.29, 0.717) is 17.9 Å². The van der Waals surface area contributed by atoms with Crippen LogP contribution in [0, 0.1) is 6.92 Å². The SMILES string of the molecule is C=CCNC(=O)COc1ccc(S(=O)(=O)NCc2ccccc2)cc1C. The number of amides is 1. The predicted octanol–water partition coefficient (Wildman–Crippen LogP) is 2.15. The van der Waals surface area contributed by atoms with Crippen molar-refractivity contribution >= 4 is 15.9 Å². The fraction of sp³-hybridized carbons (Fsp3) is 0.211. The molecule has 0 fully saturated rings. The van der Waals surface area contributed by atoms with Crippen LogP contribution in [-0.4, -0.2) is 27.5 Å². The fourth-order valence-electron chi connectivity index (χ4n) is 2.19. The molecule has 0 unspecified atom stereocenters. The quantitative estimate of drug-likeness (QED) is 0.659. The number of ether oxygens (including phenoxy) is 1. The van der Waals surface area contributed by atoms with E-state index in [-0.39, 0.29) is 24.0 Å². The lowest BCUT2D eigenvalue weighted by atomic mass is 10.2. The number of carbonyl (C=O) groups excluding carboxylic acids is 1. The van der Waals surface area contributed by atoms with Gasteiger partial charge in [-0.1, -0.05) is 36.4 Å². The molecule has 0 aliphatic heterocycles. The van der Waals surface area contributed by atoms with E-state index in [0.717, 1.165) is 5.56 Å². The maximum Gasteiger partial charge on any atom is 0.258 e. The Morgan fingerprint density at radius 2 is 1.92 bits per heavy atom. The summed E-state index contributed by atoms with van der Waals surface area (Å²) in [6.07, 6.45) is 1.57. The van der Waals surface area contributed by atoms with Crippen LogP contribution in [-0.2, 0) is 21.4 Å². The van der Waals surface area contributed by atoms with Gasteiger partial charge >= 0.3 is 0 Å². The van der Waals surface area contributed by atoms with Gasteiger partial charge in [-0.15, -0.1) is 6.58 Å². The maximum absolute atomic E-state index is 12.4. The summed E-state index contributed by atoms with van der Waals surface area (Å²) in [5, 5.41) is 2.60. The number of aryl methyl sites for hydroxylation is 1. The van der Waals surface area contributed by atoms with Crippen LogP contribution in [0.3, 0.4) is 0 Å². The summed E-state index contributed by atoms with van der Waals surface area (Å²) in [5.41, 5.74) is 1.50. The van der Waals surface area contributed by atoms with Crippen LogP contribution in [0.5, 0.6) is 5.75 Å².